The molecule has 0 radical (unpaired) electrons. The molecule has 1 aliphatic carbocycles. The molecule has 1 fully saturated rings. The van der Waals surface area contributed by atoms with Crippen molar-refractivity contribution in [2.45, 2.75) is 32.2 Å². The summed E-state index contributed by atoms with van der Waals surface area (Å²) in [5.41, 5.74) is 6.40. The quantitative estimate of drug-likeness (QED) is 0.738. The number of carbonyl (C=O) groups is 1. The van der Waals surface area contributed by atoms with E-state index in [2.05, 4.69) is 17.6 Å². The topological polar surface area (TPSA) is 76.4 Å². The number of anilines is 2. The number of nitrogen functional groups attached to an aromatic ring is 1. The molecule has 0 unspecified atom stereocenters. The van der Waals surface area contributed by atoms with Gasteiger partial charge >= 0.3 is 0 Å². The van der Waals surface area contributed by atoms with Crippen LogP contribution in [-0.2, 0) is 0 Å². The number of hydrogen-bond acceptors (Lipinski definition) is 5. The van der Waals surface area contributed by atoms with Crippen molar-refractivity contribution in [2.75, 3.05) is 24.7 Å². The molecule has 0 aromatic carbocycles. The highest BCUT2D eigenvalue weighted by atomic mass is 32.1. The second-order valence-corrected chi connectivity index (χ2v) is 5.40. The fraction of sp³-hybridized carbons (Fsp3) is 0.583. The van der Waals surface area contributed by atoms with E-state index in [-0.39, 0.29) is 5.91 Å². The number of ether oxygens (including phenoxy) is 1. The van der Waals surface area contributed by atoms with Crippen molar-refractivity contribution >= 4 is 27.9 Å². The van der Waals surface area contributed by atoms with Crippen molar-refractivity contribution in [3.05, 3.63) is 4.88 Å². The van der Waals surface area contributed by atoms with Gasteiger partial charge in [-0.1, -0.05) is 6.92 Å². The molecule has 4 N–H and O–H groups in total. The minimum absolute atomic E-state index is 0.0946. The normalized spacial score (nSPS) is 14.3. The van der Waals surface area contributed by atoms with Crippen molar-refractivity contribution in [1.82, 2.24) is 5.32 Å². The Balaban J connectivity index is 2.18. The lowest BCUT2D eigenvalue weighted by Gasteiger charge is -2.04. The van der Waals surface area contributed by atoms with Crippen molar-refractivity contribution in [2.24, 2.45) is 0 Å². The maximum atomic E-state index is 12.0. The smallest absolute Gasteiger partial charge is 0.263 e. The maximum absolute atomic E-state index is 12.0. The molecular weight excluding hydrogens is 250 g/mol. The number of amides is 1. The maximum Gasteiger partial charge on any atom is 0.263 e. The van der Waals surface area contributed by atoms with Crippen LogP contribution in [0.25, 0.3) is 0 Å². The highest BCUT2D eigenvalue weighted by molar-refractivity contribution is 7.19. The Kier molecular flexibility index (Phi) is 3.96. The van der Waals surface area contributed by atoms with Crippen LogP contribution in [-0.4, -0.2) is 25.6 Å². The molecule has 1 heterocycles. The summed E-state index contributed by atoms with van der Waals surface area (Å²) in [4.78, 5) is 12.5. The standard InChI is InChI=1S/C12H19N3O2S/c1-3-6-14-12-9(17-2)8(13)10(18-12)11(16)15-7-4-5-7/h7,14H,3-6,13H2,1-2H3,(H,15,16). The van der Waals surface area contributed by atoms with Crippen LogP contribution in [0, 0.1) is 0 Å². The average Bonchev–Trinajstić information content (AvgIpc) is 3.10. The molecular formula is C12H19N3O2S. The van der Waals surface area contributed by atoms with E-state index in [9.17, 15) is 4.79 Å². The molecule has 0 bridgehead atoms. The van der Waals surface area contributed by atoms with Gasteiger partial charge in [0, 0.05) is 12.6 Å². The Labute approximate surface area is 111 Å². The summed E-state index contributed by atoms with van der Waals surface area (Å²) in [7, 11) is 1.57. The van der Waals surface area contributed by atoms with Gasteiger partial charge in [0.2, 0.25) is 0 Å². The Morgan fingerprint density at radius 3 is 2.83 bits per heavy atom. The Hall–Kier alpha value is -1.43. The van der Waals surface area contributed by atoms with Crippen molar-refractivity contribution in [3.63, 3.8) is 0 Å². The average molecular weight is 269 g/mol. The van der Waals surface area contributed by atoms with Crippen LogP contribution in [0.2, 0.25) is 0 Å². The predicted molar refractivity (Wildman–Crippen MR) is 74.6 cm³/mol. The molecule has 1 aromatic rings. The third-order valence-electron chi connectivity index (χ3n) is 2.76. The summed E-state index contributed by atoms with van der Waals surface area (Å²) in [6.45, 7) is 2.91. The van der Waals surface area contributed by atoms with Crippen LogP contribution < -0.4 is 21.1 Å². The van der Waals surface area contributed by atoms with Gasteiger partial charge in [0.05, 0.1) is 7.11 Å². The van der Waals surface area contributed by atoms with Crippen LogP contribution >= 0.6 is 11.3 Å². The molecule has 6 heteroatoms. The third-order valence-corrected chi connectivity index (χ3v) is 3.90. The first kappa shape index (κ1) is 13.0. The zero-order valence-electron chi connectivity index (χ0n) is 10.7. The van der Waals surface area contributed by atoms with Crippen LogP contribution in [0.15, 0.2) is 0 Å². The van der Waals surface area contributed by atoms with E-state index in [1.54, 1.807) is 7.11 Å². The van der Waals surface area contributed by atoms with Gasteiger partial charge in [0.15, 0.2) is 5.75 Å². The predicted octanol–water partition coefficient (Wildman–Crippen LogP) is 2.05. The number of nitrogens with two attached hydrogens (primary N) is 1. The van der Waals surface area contributed by atoms with Crippen molar-refractivity contribution in [1.29, 1.82) is 0 Å². The third kappa shape index (κ3) is 2.69. The number of rotatable bonds is 6. The number of hydrogen-bond donors (Lipinski definition) is 3. The zero-order valence-corrected chi connectivity index (χ0v) is 11.5. The molecule has 0 aliphatic heterocycles. The van der Waals surface area contributed by atoms with Gasteiger partial charge < -0.3 is 21.1 Å². The highest BCUT2D eigenvalue weighted by Crippen LogP contribution is 2.42. The summed E-state index contributed by atoms with van der Waals surface area (Å²) in [6, 6.07) is 0.331. The lowest BCUT2D eigenvalue weighted by molar-refractivity contribution is 0.0956. The molecule has 0 spiro atoms. The molecule has 0 saturated heterocycles. The Morgan fingerprint density at radius 1 is 1.56 bits per heavy atom. The lowest BCUT2D eigenvalue weighted by Crippen LogP contribution is -2.25. The van der Waals surface area contributed by atoms with Gasteiger partial charge in [-0.25, -0.2) is 0 Å². The first-order chi connectivity index (χ1) is 8.67. The summed E-state index contributed by atoms with van der Waals surface area (Å²) in [5, 5.41) is 7.00. The van der Waals surface area contributed by atoms with E-state index in [0.717, 1.165) is 30.8 Å². The second-order valence-electron chi connectivity index (χ2n) is 4.38. The van der Waals surface area contributed by atoms with Crippen LogP contribution in [0.4, 0.5) is 10.7 Å². The number of methoxy groups -OCH3 is 1. The minimum atomic E-state index is -0.0946. The molecule has 2 rings (SSSR count). The fourth-order valence-corrected chi connectivity index (χ4v) is 2.65. The highest BCUT2D eigenvalue weighted by Gasteiger charge is 2.27. The van der Waals surface area contributed by atoms with Crippen LogP contribution in [0.3, 0.4) is 0 Å². The summed E-state index contributed by atoms with van der Waals surface area (Å²) >= 11 is 1.36. The van der Waals surface area contributed by atoms with E-state index in [1.807, 2.05) is 0 Å². The van der Waals surface area contributed by atoms with Gasteiger partial charge in [-0.3, -0.25) is 4.79 Å². The molecule has 1 aliphatic rings. The molecule has 1 aromatic heterocycles. The zero-order chi connectivity index (χ0) is 13.1. The molecule has 1 amide bonds. The summed E-state index contributed by atoms with van der Waals surface area (Å²) in [6.07, 6.45) is 3.13. The van der Waals surface area contributed by atoms with Gasteiger partial charge in [-0.05, 0) is 19.3 Å². The number of thiophene rings is 1. The monoisotopic (exact) mass is 269 g/mol. The first-order valence-corrected chi connectivity index (χ1v) is 7.00. The molecule has 1 saturated carbocycles. The number of nitrogens with one attached hydrogen (secondary N) is 2. The van der Waals surface area contributed by atoms with E-state index in [1.165, 1.54) is 11.3 Å². The molecule has 5 nitrogen and oxygen atoms in total. The summed E-state index contributed by atoms with van der Waals surface area (Å²) < 4.78 is 5.27. The lowest BCUT2D eigenvalue weighted by atomic mass is 10.3. The number of carbonyl (C=O) groups excluding carboxylic acids is 1. The van der Waals surface area contributed by atoms with Gasteiger partial charge in [0.1, 0.15) is 15.6 Å². The van der Waals surface area contributed by atoms with Crippen molar-refractivity contribution in [3.8, 4) is 5.75 Å². The van der Waals surface area contributed by atoms with Gasteiger partial charge in [-0.2, -0.15) is 0 Å². The van der Waals surface area contributed by atoms with Gasteiger partial charge in [0.25, 0.3) is 5.91 Å². The Bertz CT molecular complexity index is 441. The summed E-state index contributed by atoms with van der Waals surface area (Å²) in [5.74, 6) is 0.484. The minimum Gasteiger partial charge on any atom is -0.492 e. The largest absolute Gasteiger partial charge is 0.492 e. The van der Waals surface area contributed by atoms with Crippen molar-refractivity contribution < 1.29 is 9.53 Å². The molecule has 18 heavy (non-hydrogen) atoms. The van der Waals surface area contributed by atoms with E-state index in [0.29, 0.717) is 22.4 Å². The molecule has 0 atom stereocenters. The van der Waals surface area contributed by atoms with E-state index in [4.69, 9.17) is 10.5 Å². The van der Waals surface area contributed by atoms with E-state index < -0.39 is 0 Å². The van der Waals surface area contributed by atoms with Gasteiger partial charge in [-0.15, -0.1) is 11.3 Å². The van der Waals surface area contributed by atoms with Crippen LogP contribution in [0.1, 0.15) is 35.9 Å². The SMILES string of the molecule is CCCNc1sc(C(=O)NC2CC2)c(N)c1OC. The fourth-order valence-electron chi connectivity index (χ4n) is 1.63. The molecule has 100 valence electrons. The van der Waals surface area contributed by atoms with E-state index >= 15 is 0 Å². The van der Waals surface area contributed by atoms with Crippen LogP contribution in [0.5, 0.6) is 5.75 Å². The second kappa shape index (κ2) is 5.48. The first-order valence-electron chi connectivity index (χ1n) is 6.18. The Morgan fingerprint density at radius 2 is 2.28 bits per heavy atom.